The maximum absolute atomic E-state index is 12.4. The van der Waals surface area contributed by atoms with Gasteiger partial charge in [0.2, 0.25) is 5.43 Å². The number of benzene rings is 1. The number of nitrogens with one attached hydrogen (secondary N) is 2. The maximum Gasteiger partial charge on any atom is 0.256 e. The Bertz CT molecular complexity index is 725. The van der Waals surface area contributed by atoms with Gasteiger partial charge in [-0.05, 0) is 24.6 Å². The highest BCUT2D eigenvalue weighted by Gasteiger charge is 2.12. The van der Waals surface area contributed by atoms with Crippen molar-refractivity contribution in [3.8, 4) is 0 Å². The largest absolute Gasteiger partial charge is 0.360 e. The van der Waals surface area contributed by atoms with Gasteiger partial charge in [0.25, 0.3) is 5.91 Å². The molecule has 2 rings (SSSR count). The van der Waals surface area contributed by atoms with Crippen molar-refractivity contribution in [2.45, 2.75) is 45.4 Å². The van der Waals surface area contributed by atoms with Crippen LogP contribution in [-0.4, -0.2) is 17.4 Å². The van der Waals surface area contributed by atoms with Gasteiger partial charge >= 0.3 is 0 Å². The highest BCUT2D eigenvalue weighted by Crippen LogP contribution is 2.15. The van der Waals surface area contributed by atoms with Crippen molar-refractivity contribution in [3.63, 3.8) is 0 Å². The van der Waals surface area contributed by atoms with Crippen LogP contribution in [0.3, 0.4) is 0 Å². The van der Waals surface area contributed by atoms with E-state index in [1.807, 2.05) is 0 Å². The molecule has 0 saturated heterocycles. The minimum absolute atomic E-state index is 0.130. The fraction of sp³-hybridized carbons (Fsp3) is 0.444. The predicted molar refractivity (Wildman–Crippen MR) is 95.3 cm³/mol. The van der Waals surface area contributed by atoms with E-state index in [0.717, 1.165) is 12.8 Å². The Balaban J connectivity index is 1.93. The fourth-order valence-corrected chi connectivity index (χ4v) is 2.73. The number of rotatable bonds is 8. The Labute approximate surface area is 141 Å². The lowest BCUT2D eigenvalue weighted by atomic mass is 10.1. The van der Waals surface area contributed by atoms with Crippen molar-refractivity contribution in [1.82, 2.24) is 10.3 Å². The number of pyridine rings is 1. The van der Waals surface area contributed by atoms with Crippen molar-refractivity contribution in [2.75, 3.05) is 6.54 Å². The van der Waals surface area contributed by atoms with E-state index >= 15 is 0 Å². The summed E-state index contributed by atoms with van der Waals surface area (Å²) in [5, 5.41) is 3.73. The third-order valence-electron chi connectivity index (χ3n) is 3.90. The smallest absolute Gasteiger partial charge is 0.256 e. The van der Waals surface area contributed by atoms with E-state index < -0.39 is 0 Å². The molecule has 0 atom stereocenters. The van der Waals surface area contributed by atoms with Crippen molar-refractivity contribution >= 4 is 28.4 Å². The molecule has 124 valence electrons. The third-order valence-corrected chi connectivity index (χ3v) is 4.14. The van der Waals surface area contributed by atoms with Crippen LogP contribution >= 0.6 is 11.6 Å². The van der Waals surface area contributed by atoms with Crippen LogP contribution in [0.25, 0.3) is 10.9 Å². The number of carbonyl (C=O) groups excluding carboxylic acids is 1. The summed E-state index contributed by atoms with van der Waals surface area (Å²) in [7, 11) is 0. The number of H-pyrrole nitrogens is 1. The zero-order valence-electron chi connectivity index (χ0n) is 13.5. The summed E-state index contributed by atoms with van der Waals surface area (Å²) in [6.45, 7) is 2.78. The zero-order chi connectivity index (χ0) is 16.7. The van der Waals surface area contributed by atoms with E-state index in [0.29, 0.717) is 22.5 Å². The number of carbonyl (C=O) groups is 1. The van der Waals surface area contributed by atoms with Gasteiger partial charge in [0, 0.05) is 28.7 Å². The summed E-state index contributed by atoms with van der Waals surface area (Å²) in [4.78, 5) is 27.5. The first kappa shape index (κ1) is 17.5. The molecule has 0 aliphatic heterocycles. The molecular formula is C18H23ClN2O2. The van der Waals surface area contributed by atoms with E-state index in [1.165, 1.54) is 31.9 Å². The van der Waals surface area contributed by atoms with Crippen molar-refractivity contribution < 1.29 is 4.79 Å². The minimum Gasteiger partial charge on any atom is -0.360 e. The molecule has 0 fully saturated rings. The molecule has 0 spiro atoms. The van der Waals surface area contributed by atoms with Crippen molar-refractivity contribution in [3.05, 3.63) is 45.2 Å². The van der Waals surface area contributed by atoms with E-state index in [4.69, 9.17) is 11.6 Å². The Morgan fingerprint density at radius 2 is 1.91 bits per heavy atom. The maximum atomic E-state index is 12.4. The lowest BCUT2D eigenvalue weighted by molar-refractivity contribution is 0.0951. The molecule has 2 N–H and O–H groups in total. The van der Waals surface area contributed by atoms with Crippen LogP contribution in [0, 0.1) is 0 Å². The quantitative estimate of drug-likeness (QED) is 0.708. The van der Waals surface area contributed by atoms with Gasteiger partial charge in [-0.25, -0.2) is 0 Å². The Hall–Kier alpha value is -1.81. The monoisotopic (exact) mass is 334 g/mol. The molecule has 0 unspecified atom stereocenters. The highest BCUT2D eigenvalue weighted by atomic mass is 35.5. The van der Waals surface area contributed by atoms with Crippen LogP contribution in [0.5, 0.6) is 0 Å². The zero-order valence-corrected chi connectivity index (χ0v) is 14.2. The average Bonchev–Trinajstić information content (AvgIpc) is 2.54. The number of fused-ring (bicyclic) bond motifs is 1. The molecule has 2 aromatic rings. The van der Waals surface area contributed by atoms with E-state index in [9.17, 15) is 9.59 Å². The summed E-state index contributed by atoms with van der Waals surface area (Å²) in [5.41, 5.74) is 0.513. The van der Waals surface area contributed by atoms with Crippen LogP contribution in [0.1, 0.15) is 55.8 Å². The van der Waals surface area contributed by atoms with Gasteiger partial charge in [0.15, 0.2) is 0 Å². The van der Waals surface area contributed by atoms with Gasteiger partial charge < -0.3 is 10.3 Å². The molecule has 0 aliphatic carbocycles. The minimum atomic E-state index is -0.332. The Kier molecular flexibility index (Phi) is 6.66. The molecule has 1 aromatic heterocycles. The lowest BCUT2D eigenvalue weighted by Gasteiger charge is -2.06. The number of amides is 1. The molecule has 0 saturated carbocycles. The molecule has 1 amide bonds. The van der Waals surface area contributed by atoms with Crippen LogP contribution < -0.4 is 10.7 Å². The number of aromatic amines is 1. The standard InChI is InChI=1S/C18H23ClN2O2/c1-2-3-4-5-6-7-10-20-18(23)15-12-21-16-9-8-13(19)11-14(16)17(15)22/h8-9,11-12H,2-7,10H2,1H3,(H,20,23)(H,21,22). The first-order valence-corrected chi connectivity index (χ1v) is 8.60. The first-order chi connectivity index (χ1) is 11.1. The van der Waals surface area contributed by atoms with Gasteiger partial charge in [0.1, 0.15) is 5.56 Å². The number of halogens is 1. The lowest BCUT2D eigenvalue weighted by Crippen LogP contribution is -2.29. The van der Waals surface area contributed by atoms with Gasteiger partial charge in [-0.15, -0.1) is 0 Å². The Morgan fingerprint density at radius 3 is 2.70 bits per heavy atom. The Morgan fingerprint density at radius 1 is 1.17 bits per heavy atom. The second-order valence-electron chi connectivity index (χ2n) is 5.75. The van der Waals surface area contributed by atoms with Crippen molar-refractivity contribution in [2.24, 2.45) is 0 Å². The fourth-order valence-electron chi connectivity index (χ4n) is 2.56. The number of hydrogen-bond acceptors (Lipinski definition) is 2. The van der Waals surface area contributed by atoms with E-state index in [1.54, 1.807) is 18.2 Å². The molecular weight excluding hydrogens is 312 g/mol. The second kappa shape index (κ2) is 8.73. The summed E-state index contributed by atoms with van der Waals surface area (Å²) in [6.07, 6.45) is 8.44. The summed E-state index contributed by atoms with van der Waals surface area (Å²) >= 11 is 5.92. The molecule has 1 aromatic carbocycles. The topological polar surface area (TPSA) is 62.0 Å². The molecule has 4 nitrogen and oxygen atoms in total. The molecule has 23 heavy (non-hydrogen) atoms. The average molecular weight is 335 g/mol. The van der Waals surface area contributed by atoms with Crippen LogP contribution in [-0.2, 0) is 0 Å². The third kappa shape index (κ3) is 4.83. The van der Waals surface area contributed by atoms with Gasteiger partial charge in [-0.2, -0.15) is 0 Å². The molecule has 0 bridgehead atoms. The normalized spacial score (nSPS) is 10.9. The molecule has 0 aliphatic rings. The summed E-state index contributed by atoms with van der Waals surface area (Å²) in [5.74, 6) is -0.332. The van der Waals surface area contributed by atoms with Crippen molar-refractivity contribution in [1.29, 1.82) is 0 Å². The van der Waals surface area contributed by atoms with Crippen LogP contribution in [0.4, 0.5) is 0 Å². The van der Waals surface area contributed by atoms with E-state index in [2.05, 4.69) is 17.2 Å². The predicted octanol–water partition coefficient (Wildman–Crippen LogP) is 4.27. The van der Waals surface area contributed by atoms with Gasteiger partial charge in [-0.1, -0.05) is 50.6 Å². The molecule has 5 heteroatoms. The summed E-state index contributed by atoms with van der Waals surface area (Å²) in [6, 6.07) is 5.02. The number of hydrogen-bond donors (Lipinski definition) is 2. The highest BCUT2D eigenvalue weighted by molar-refractivity contribution is 6.31. The van der Waals surface area contributed by atoms with Crippen LogP contribution in [0.2, 0.25) is 5.02 Å². The summed E-state index contributed by atoms with van der Waals surface area (Å²) < 4.78 is 0. The molecule has 1 heterocycles. The van der Waals surface area contributed by atoms with Gasteiger partial charge in [-0.3, -0.25) is 9.59 Å². The number of unbranched alkanes of at least 4 members (excludes halogenated alkanes) is 5. The number of aromatic nitrogens is 1. The van der Waals surface area contributed by atoms with Crippen LogP contribution in [0.15, 0.2) is 29.2 Å². The van der Waals surface area contributed by atoms with Gasteiger partial charge in [0.05, 0.1) is 0 Å². The second-order valence-corrected chi connectivity index (χ2v) is 6.18. The molecule has 0 radical (unpaired) electrons. The van der Waals surface area contributed by atoms with E-state index in [-0.39, 0.29) is 16.9 Å². The SMILES string of the molecule is CCCCCCCCNC(=O)c1c[nH]c2ccc(Cl)cc2c1=O. The first-order valence-electron chi connectivity index (χ1n) is 8.22.